The summed E-state index contributed by atoms with van der Waals surface area (Å²) in [4.78, 5) is 0. The first-order valence-corrected chi connectivity index (χ1v) is 4.76. The highest BCUT2D eigenvalue weighted by Crippen LogP contribution is 2.21. The van der Waals surface area contributed by atoms with E-state index in [9.17, 15) is 0 Å². The molecule has 0 atom stereocenters. The Kier molecular flexibility index (Phi) is 5.23. The quantitative estimate of drug-likeness (QED) is 0.629. The first kappa shape index (κ1) is 11.7. The average Bonchev–Trinajstić information content (AvgIpc) is 1.85. The molecule has 72 valence electrons. The van der Waals surface area contributed by atoms with Gasteiger partial charge in [0, 0.05) is 6.61 Å². The lowest BCUT2D eigenvalue weighted by molar-refractivity contribution is 0.241. The number of aliphatic hydroxyl groups excluding tert-OH is 1. The second-order valence-corrected chi connectivity index (χ2v) is 4.49. The first-order chi connectivity index (χ1) is 5.48. The highest BCUT2D eigenvalue weighted by Gasteiger charge is 2.11. The third kappa shape index (κ3) is 6.41. The van der Waals surface area contributed by atoms with E-state index in [2.05, 4.69) is 39.8 Å². The van der Waals surface area contributed by atoms with Crippen LogP contribution in [-0.2, 0) is 0 Å². The number of hydrogen-bond acceptors (Lipinski definition) is 1. The van der Waals surface area contributed by atoms with Crippen LogP contribution in [0.1, 0.15) is 40.5 Å². The molecular weight excluding hydrogens is 148 g/mol. The van der Waals surface area contributed by atoms with Gasteiger partial charge >= 0.3 is 0 Å². The molecule has 0 heterocycles. The van der Waals surface area contributed by atoms with E-state index >= 15 is 0 Å². The van der Waals surface area contributed by atoms with Crippen LogP contribution in [-0.4, -0.2) is 11.7 Å². The Morgan fingerprint density at radius 2 is 1.92 bits per heavy atom. The molecule has 0 aromatic carbocycles. The Bertz CT molecular complexity index is 134. The van der Waals surface area contributed by atoms with Crippen molar-refractivity contribution in [1.82, 2.24) is 0 Å². The van der Waals surface area contributed by atoms with Gasteiger partial charge in [-0.15, -0.1) is 0 Å². The number of hydrogen-bond donors (Lipinski definition) is 1. The first-order valence-electron chi connectivity index (χ1n) is 4.76. The smallest absolute Gasteiger partial charge is 0.0439 e. The molecule has 0 aromatic heterocycles. The van der Waals surface area contributed by atoms with Crippen LogP contribution >= 0.6 is 0 Å². The largest absolute Gasteiger partial charge is 0.396 e. The van der Waals surface area contributed by atoms with Crippen molar-refractivity contribution in [2.45, 2.75) is 40.5 Å². The van der Waals surface area contributed by atoms with E-state index in [1.54, 1.807) is 0 Å². The summed E-state index contributed by atoms with van der Waals surface area (Å²) in [6.07, 6.45) is 6.42. The summed E-state index contributed by atoms with van der Waals surface area (Å²) in [6, 6.07) is 0. The van der Waals surface area contributed by atoms with Gasteiger partial charge in [0.05, 0.1) is 0 Å². The zero-order valence-corrected chi connectivity index (χ0v) is 8.80. The lowest BCUT2D eigenvalue weighted by Gasteiger charge is -2.18. The van der Waals surface area contributed by atoms with Crippen LogP contribution in [0.4, 0.5) is 0 Å². The van der Waals surface area contributed by atoms with Crippen LogP contribution in [0.15, 0.2) is 12.2 Å². The highest BCUT2D eigenvalue weighted by molar-refractivity contribution is 4.94. The molecule has 0 radical (unpaired) electrons. The summed E-state index contributed by atoms with van der Waals surface area (Å²) in [7, 11) is 0. The topological polar surface area (TPSA) is 20.2 Å². The van der Waals surface area contributed by atoms with E-state index in [1.165, 1.54) is 0 Å². The molecule has 0 saturated heterocycles. The molecular formula is C11H22O. The maximum atomic E-state index is 8.78. The minimum absolute atomic E-state index is 0.156. The molecule has 0 fully saturated rings. The summed E-state index contributed by atoms with van der Waals surface area (Å²) in [5, 5.41) is 8.78. The maximum Gasteiger partial charge on any atom is 0.0439 e. The van der Waals surface area contributed by atoms with Gasteiger partial charge in [-0.25, -0.2) is 0 Å². The molecule has 0 aromatic rings. The molecule has 1 nitrogen and oxygen atoms in total. The number of rotatable bonds is 5. The molecule has 0 saturated carbocycles. The summed E-state index contributed by atoms with van der Waals surface area (Å²) in [6.45, 7) is 9.01. The zero-order valence-electron chi connectivity index (χ0n) is 8.80. The Morgan fingerprint density at radius 1 is 1.33 bits per heavy atom. The van der Waals surface area contributed by atoms with Crippen molar-refractivity contribution >= 4 is 0 Å². The van der Waals surface area contributed by atoms with Crippen molar-refractivity contribution in [2.75, 3.05) is 6.61 Å². The van der Waals surface area contributed by atoms with E-state index in [0.717, 1.165) is 18.8 Å². The van der Waals surface area contributed by atoms with Crippen molar-refractivity contribution < 1.29 is 5.11 Å². The molecule has 0 spiro atoms. The van der Waals surface area contributed by atoms with Gasteiger partial charge in [0.2, 0.25) is 0 Å². The third-order valence-electron chi connectivity index (χ3n) is 1.93. The molecule has 1 heteroatoms. The Labute approximate surface area is 76.5 Å². The molecule has 0 rings (SSSR count). The number of allylic oxidation sites excluding steroid dienone is 2. The Balaban J connectivity index is 3.79. The van der Waals surface area contributed by atoms with Crippen LogP contribution in [0.3, 0.4) is 0 Å². The summed E-state index contributed by atoms with van der Waals surface area (Å²) in [5.41, 5.74) is 0.156. The molecule has 0 aliphatic heterocycles. The van der Waals surface area contributed by atoms with Crippen molar-refractivity contribution in [1.29, 1.82) is 0 Å². The Morgan fingerprint density at radius 3 is 2.33 bits per heavy atom. The van der Waals surface area contributed by atoms with Gasteiger partial charge in [-0.05, 0) is 24.2 Å². The van der Waals surface area contributed by atoms with E-state index in [1.807, 2.05) is 0 Å². The van der Waals surface area contributed by atoms with E-state index < -0.39 is 0 Å². The molecule has 12 heavy (non-hydrogen) atoms. The fourth-order valence-electron chi connectivity index (χ4n) is 1.03. The SMILES string of the molecule is CC(C)C/C=C\C(C)(C)CCO. The molecule has 1 N–H and O–H groups in total. The molecule has 0 aliphatic rings. The van der Waals surface area contributed by atoms with Gasteiger partial charge in [-0.1, -0.05) is 39.8 Å². The summed E-state index contributed by atoms with van der Waals surface area (Å²) < 4.78 is 0. The second-order valence-electron chi connectivity index (χ2n) is 4.49. The van der Waals surface area contributed by atoms with Crippen molar-refractivity contribution in [3.05, 3.63) is 12.2 Å². The summed E-state index contributed by atoms with van der Waals surface area (Å²) >= 11 is 0. The predicted molar refractivity (Wildman–Crippen MR) is 54.1 cm³/mol. The average molecular weight is 170 g/mol. The predicted octanol–water partition coefficient (Wildman–Crippen LogP) is 3.00. The Hall–Kier alpha value is -0.300. The van der Waals surface area contributed by atoms with E-state index in [-0.39, 0.29) is 12.0 Å². The third-order valence-corrected chi connectivity index (χ3v) is 1.93. The number of aliphatic hydroxyl groups is 1. The lowest BCUT2D eigenvalue weighted by atomic mass is 9.89. The van der Waals surface area contributed by atoms with Crippen molar-refractivity contribution in [2.24, 2.45) is 11.3 Å². The van der Waals surface area contributed by atoms with Crippen LogP contribution in [0.25, 0.3) is 0 Å². The molecule has 0 unspecified atom stereocenters. The van der Waals surface area contributed by atoms with E-state index in [0.29, 0.717) is 0 Å². The highest BCUT2D eigenvalue weighted by atomic mass is 16.3. The fraction of sp³-hybridized carbons (Fsp3) is 0.818. The lowest BCUT2D eigenvalue weighted by Crippen LogP contribution is -2.09. The van der Waals surface area contributed by atoms with E-state index in [4.69, 9.17) is 5.11 Å². The maximum absolute atomic E-state index is 8.78. The molecule has 0 amide bonds. The van der Waals surface area contributed by atoms with Crippen LogP contribution in [0.2, 0.25) is 0 Å². The van der Waals surface area contributed by atoms with Crippen molar-refractivity contribution in [3.8, 4) is 0 Å². The molecule has 0 bridgehead atoms. The zero-order chi connectivity index (χ0) is 9.61. The van der Waals surface area contributed by atoms with Gasteiger partial charge in [0.1, 0.15) is 0 Å². The minimum Gasteiger partial charge on any atom is -0.396 e. The normalized spacial score (nSPS) is 13.2. The molecule has 0 aliphatic carbocycles. The van der Waals surface area contributed by atoms with Gasteiger partial charge in [0.25, 0.3) is 0 Å². The monoisotopic (exact) mass is 170 g/mol. The van der Waals surface area contributed by atoms with Gasteiger partial charge in [-0.2, -0.15) is 0 Å². The van der Waals surface area contributed by atoms with Gasteiger partial charge in [-0.3, -0.25) is 0 Å². The van der Waals surface area contributed by atoms with Gasteiger partial charge < -0.3 is 5.11 Å². The standard InChI is InChI=1S/C11H22O/c1-10(2)6-5-7-11(3,4)8-9-12/h5,7,10,12H,6,8-9H2,1-4H3/b7-5-. The fourth-order valence-corrected chi connectivity index (χ4v) is 1.03. The van der Waals surface area contributed by atoms with Crippen LogP contribution in [0, 0.1) is 11.3 Å². The summed E-state index contributed by atoms with van der Waals surface area (Å²) in [5.74, 6) is 0.728. The van der Waals surface area contributed by atoms with Crippen molar-refractivity contribution in [3.63, 3.8) is 0 Å². The van der Waals surface area contributed by atoms with Gasteiger partial charge in [0.15, 0.2) is 0 Å². The minimum atomic E-state index is 0.156. The van der Waals surface area contributed by atoms with Crippen LogP contribution in [0.5, 0.6) is 0 Å². The van der Waals surface area contributed by atoms with Crippen LogP contribution < -0.4 is 0 Å². The second kappa shape index (κ2) is 5.36.